The van der Waals surface area contributed by atoms with E-state index in [2.05, 4.69) is 0 Å². The Hall–Kier alpha value is -2.01. The van der Waals surface area contributed by atoms with Gasteiger partial charge in [0, 0.05) is 24.0 Å². The van der Waals surface area contributed by atoms with Gasteiger partial charge in [0.1, 0.15) is 17.8 Å². The zero-order valence-electron chi connectivity index (χ0n) is 18.5. The highest BCUT2D eigenvalue weighted by molar-refractivity contribution is 6.48. The van der Waals surface area contributed by atoms with E-state index in [4.69, 9.17) is 46.4 Å². The van der Waals surface area contributed by atoms with E-state index in [1.165, 1.54) is 0 Å². The van der Waals surface area contributed by atoms with Gasteiger partial charge in [-0.05, 0) is 42.8 Å². The number of hydrogen-bond acceptors (Lipinski definition) is 2. The van der Waals surface area contributed by atoms with Crippen LogP contribution in [-0.4, -0.2) is 30.1 Å². The SMILES string of the molecule is CC(NC(=O)CCC(=O)c1ccc(/C(F)=C/C(c2cc(Cl)c(Cl)c(Cl)c2)C(F)(F)F)cc1Cl)C(F)(F)F. The van der Waals surface area contributed by atoms with Gasteiger partial charge in [0.05, 0.1) is 20.1 Å². The molecule has 0 aliphatic rings. The first-order valence-electron chi connectivity index (χ1n) is 10.2. The van der Waals surface area contributed by atoms with Gasteiger partial charge in [-0.15, -0.1) is 0 Å². The van der Waals surface area contributed by atoms with Gasteiger partial charge < -0.3 is 5.32 Å². The molecule has 0 saturated heterocycles. The molecule has 14 heteroatoms. The van der Waals surface area contributed by atoms with Crippen LogP contribution in [0, 0.1) is 0 Å². The molecule has 0 aliphatic heterocycles. The molecule has 2 unspecified atom stereocenters. The molecular formula is C23H16Cl4F7NO2. The highest BCUT2D eigenvalue weighted by Gasteiger charge is 2.40. The van der Waals surface area contributed by atoms with Crippen molar-refractivity contribution in [3.05, 3.63) is 73.2 Å². The third-order valence-electron chi connectivity index (χ3n) is 5.02. The molecule has 2 atom stereocenters. The number of halogens is 11. The fourth-order valence-electron chi connectivity index (χ4n) is 3.02. The molecule has 0 aromatic heterocycles. The van der Waals surface area contributed by atoms with E-state index >= 15 is 0 Å². The number of amides is 1. The van der Waals surface area contributed by atoms with Crippen LogP contribution in [0.15, 0.2) is 36.4 Å². The number of allylic oxidation sites excluding steroid dienone is 1. The maximum atomic E-state index is 14.8. The summed E-state index contributed by atoms with van der Waals surface area (Å²) < 4.78 is 93.4. The van der Waals surface area contributed by atoms with Crippen molar-refractivity contribution in [2.45, 2.75) is 44.1 Å². The molecule has 2 rings (SSSR count). The number of carbonyl (C=O) groups is 2. The van der Waals surface area contributed by atoms with E-state index in [-0.39, 0.29) is 31.7 Å². The zero-order valence-corrected chi connectivity index (χ0v) is 21.5. The van der Waals surface area contributed by atoms with E-state index in [0.29, 0.717) is 0 Å². The molecule has 37 heavy (non-hydrogen) atoms. The Labute approximate surface area is 226 Å². The summed E-state index contributed by atoms with van der Waals surface area (Å²) in [6.07, 6.45) is -10.4. The quantitative estimate of drug-likeness (QED) is 0.184. The van der Waals surface area contributed by atoms with Gasteiger partial charge in [-0.2, -0.15) is 26.3 Å². The van der Waals surface area contributed by atoms with Gasteiger partial charge in [0.25, 0.3) is 0 Å². The molecule has 0 radical (unpaired) electrons. The van der Waals surface area contributed by atoms with Crippen LogP contribution in [0.4, 0.5) is 30.7 Å². The molecule has 1 amide bonds. The van der Waals surface area contributed by atoms with Crippen LogP contribution in [0.5, 0.6) is 0 Å². The summed E-state index contributed by atoms with van der Waals surface area (Å²) >= 11 is 23.4. The summed E-state index contributed by atoms with van der Waals surface area (Å²) in [5.41, 5.74) is -1.06. The number of nitrogens with one attached hydrogen (secondary N) is 1. The predicted molar refractivity (Wildman–Crippen MR) is 128 cm³/mol. The zero-order chi connectivity index (χ0) is 28.3. The fraction of sp³-hybridized carbons (Fsp3) is 0.304. The topological polar surface area (TPSA) is 46.2 Å². The third-order valence-corrected chi connectivity index (χ3v) is 6.53. The smallest absolute Gasteiger partial charge is 0.345 e. The minimum absolute atomic E-state index is 0.170. The van der Waals surface area contributed by atoms with Crippen molar-refractivity contribution in [2.24, 2.45) is 0 Å². The lowest BCUT2D eigenvalue weighted by molar-refractivity contribution is -0.158. The second-order valence-electron chi connectivity index (χ2n) is 7.78. The van der Waals surface area contributed by atoms with E-state index in [1.807, 2.05) is 0 Å². The van der Waals surface area contributed by atoms with Gasteiger partial charge in [-0.3, -0.25) is 9.59 Å². The van der Waals surface area contributed by atoms with Crippen LogP contribution in [0.25, 0.3) is 5.83 Å². The van der Waals surface area contributed by atoms with Crippen LogP contribution >= 0.6 is 46.4 Å². The Balaban J connectivity index is 2.23. The monoisotopic (exact) mass is 611 g/mol. The Morgan fingerprint density at radius 1 is 0.892 bits per heavy atom. The molecule has 3 nitrogen and oxygen atoms in total. The van der Waals surface area contributed by atoms with Crippen LogP contribution in [-0.2, 0) is 4.79 Å². The van der Waals surface area contributed by atoms with Crippen LogP contribution < -0.4 is 5.32 Å². The lowest BCUT2D eigenvalue weighted by Gasteiger charge is -2.19. The van der Waals surface area contributed by atoms with Crippen molar-refractivity contribution in [3.63, 3.8) is 0 Å². The molecule has 0 spiro atoms. The molecule has 0 aliphatic carbocycles. The number of benzene rings is 2. The second-order valence-corrected chi connectivity index (χ2v) is 9.38. The molecule has 2 aromatic carbocycles. The van der Waals surface area contributed by atoms with Crippen LogP contribution in [0.2, 0.25) is 20.1 Å². The van der Waals surface area contributed by atoms with Gasteiger partial charge in [0.2, 0.25) is 5.91 Å². The molecule has 2 aromatic rings. The van der Waals surface area contributed by atoms with E-state index in [0.717, 1.165) is 37.3 Å². The molecule has 0 fully saturated rings. The number of Topliss-reactive ketones (excluding diaryl/α,β-unsaturated/α-hetero) is 1. The summed E-state index contributed by atoms with van der Waals surface area (Å²) in [6.45, 7) is 0.733. The summed E-state index contributed by atoms with van der Waals surface area (Å²) in [5.74, 6) is -5.56. The maximum absolute atomic E-state index is 14.8. The standard InChI is InChI=1S/C23H16Cl4F7NO2/c1-10(22(29,30)31)35-20(37)5-4-19(36)13-3-2-11(6-15(13)24)18(28)9-14(23(32,33)34)12-7-16(25)21(27)17(26)8-12/h2-3,6-10,14H,4-5H2,1H3,(H,35,37)/b18-9-. The average molecular weight is 613 g/mol. The minimum Gasteiger partial charge on any atom is -0.345 e. The highest BCUT2D eigenvalue weighted by Crippen LogP contribution is 2.42. The Morgan fingerprint density at radius 2 is 1.46 bits per heavy atom. The average Bonchev–Trinajstić information content (AvgIpc) is 2.77. The van der Waals surface area contributed by atoms with Crippen molar-refractivity contribution in [1.82, 2.24) is 5.32 Å². The summed E-state index contributed by atoms with van der Waals surface area (Å²) in [6, 6.07) is 2.61. The van der Waals surface area contributed by atoms with Gasteiger partial charge in [0.15, 0.2) is 5.78 Å². The lowest BCUT2D eigenvalue weighted by Crippen LogP contribution is -2.43. The minimum atomic E-state index is -4.94. The number of alkyl halides is 6. The van der Waals surface area contributed by atoms with Gasteiger partial charge in [-0.1, -0.05) is 52.5 Å². The third kappa shape index (κ3) is 8.49. The summed E-state index contributed by atoms with van der Waals surface area (Å²) in [7, 11) is 0. The van der Waals surface area contributed by atoms with Crippen molar-refractivity contribution >= 4 is 63.9 Å². The Bertz CT molecular complexity index is 1190. The largest absolute Gasteiger partial charge is 0.408 e. The van der Waals surface area contributed by atoms with Crippen molar-refractivity contribution in [3.8, 4) is 0 Å². The normalized spacial score (nSPS) is 14.3. The van der Waals surface area contributed by atoms with Crippen molar-refractivity contribution in [1.29, 1.82) is 0 Å². The Kier molecular flexibility index (Phi) is 10.3. The first kappa shape index (κ1) is 31.2. The summed E-state index contributed by atoms with van der Waals surface area (Å²) in [4.78, 5) is 24.0. The maximum Gasteiger partial charge on any atom is 0.408 e. The number of ketones is 1. The number of carbonyl (C=O) groups excluding carboxylic acids is 2. The van der Waals surface area contributed by atoms with Gasteiger partial charge in [-0.25, -0.2) is 4.39 Å². The first-order valence-corrected chi connectivity index (χ1v) is 11.7. The first-order chi connectivity index (χ1) is 16.9. The van der Waals surface area contributed by atoms with E-state index < -0.39 is 65.8 Å². The molecule has 0 bridgehead atoms. The number of rotatable bonds is 8. The van der Waals surface area contributed by atoms with E-state index in [1.54, 1.807) is 5.32 Å². The molecule has 202 valence electrons. The van der Waals surface area contributed by atoms with Crippen LogP contribution in [0.3, 0.4) is 0 Å². The fourth-order valence-corrected chi connectivity index (χ4v) is 3.92. The molecule has 0 saturated carbocycles. The summed E-state index contributed by atoms with van der Waals surface area (Å²) in [5, 5.41) is 0.662. The van der Waals surface area contributed by atoms with Crippen molar-refractivity contribution < 1.29 is 40.3 Å². The Morgan fingerprint density at radius 3 is 1.95 bits per heavy atom. The van der Waals surface area contributed by atoms with Crippen LogP contribution in [0.1, 0.15) is 47.2 Å². The van der Waals surface area contributed by atoms with E-state index in [9.17, 15) is 40.3 Å². The second kappa shape index (κ2) is 12.2. The predicted octanol–water partition coefficient (Wildman–Crippen LogP) is 8.99. The highest BCUT2D eigenvalue weighted by atomic mass is 35.5. The van der Waals surface area contributed by atoms with Crippen molar-refractivity contribution in [2.75, 3.05) is 0 Å². The lowest BCUT2D eigenvalue weighted by atomic mass is 9.96. The molecule has 0 heterocycles. The molecular weight excluding hydrogens is 597 g/mol. The molecule has 1 N–H and O–H groups in total. The number of hydrogen-bond donors (Lipinski definition) is 1. The van der Waals surface area contributed by atoms with Gasteiger partial charge >= 0.3 is 12.4 Å².